The highest BCUT2D eigenvalue weighted by Gasteiger charge is 2.10. The molecule has 0 atom stereocenters. The summed E-state index contributed by atoms with van der Waals surface area (Å²) in [5.41, 5.74) is 2.87. The highest BCUT2D eigenvalue weighted by Crippen LogP contribution is 2.27. The lowest BCUT2D eigenvalue weighted by molar-refractivity contribution is 0.0697. The fraction of sp³-hybridized carbons (Fsp3) is 0.105. The second-order valence-electron chi connectivity index (χ2n) is 5.58. The molecular weight excluding hydrogens is 406 g/mol. The van der Waals surface area contributed by atoms with Gasteiger partial charge in [0, 0.05) is 15.7 Å². The average Bonchev–Trinajstić information content (AvgIpc) is 3.05. The van der Waals surface area contributed by atoms with E-state index in [1.807, 2.05) is 31.2 Å². The number of hydrogen-bond donors (Lipinski definition) is 2. The Morgan fingerprint density at radius 1 is 1.20 bits per heavy atom. The number of furan rings is 1. The van der Waals surface area contributed by atoms with Crippen molar-refractivity contribution in [3.63, 3.8) is 0 Å². The van der Waals surface area contributed by atoms with Crippen LogP contribution in [0.2, 0.25) is 5.02 Å². The Balaban J connectivity index is 1.73. The molecule has 1 aromatic heterocycles. The van der Waals surface area contributed by atoms with Gasteiger partial charge in [-0.05, 0) is 55.0 Å². The minimum absolute atomic E-state index is 0.0668. The first-order valence-corrected chi connectivity index (χ1v) is 8.73. The molecule has 0 saturated carbocycles. The van der Waals surface area contributed by atoms with Crippen LogP contribution in [-0.2, 0) is 6.54 Å². The number of nitrogens with one attached hydrogen (secondary N) is 1. The number of carbonyl (C=O) groups is 1. The standard InChI is InChI=1S/C19H15BrClNO3/c1-11-8-12(2-5-16(11)20)18-7-4-14(25-18)10-22-13-3-6-17(21)15(9-13)19(23)24/h2-9,22H,10H2,1H3,(H,23,24). The van der Waals surface area contributed by atoms with Crippen LogP contribution in [0.3, 0.4) is 0 Å². The number of carboxylic acid groups (broad SMARTS) is 1. The fourth-order valence-corrected chi connectivity index (χ4v) is 2.86. The number of aromatic carboxylic acids is 1. The molecule has 0 amide bonds. The van der Waals surface area contributed by atoms with Crippen molar-refractivity contribution in [2.75, 3.05) is 5.32 Å². The molecule has 2 aromatic carbocycles. The molecular formula is C19H15BrClNO3. The van der Waals surface area contributed by atoms with Gasteiger partial charge in [-0.2, -0.15) is 0 Å². The van der Waals surface area contributed by atoms with E-state index in [9.17, 15) is 4.79 Å². The molecule has 25 heavy (non-hydrogen) atoms. The van der Waals surface area contributed by atoms with Crippen LogP contribution in [0.5, 0.6) is 0 Å². The summed E-state index contributed by atoms with van der Waals surface area (Å²) in [6.07, 6.45) is 0. The third kappa shape index (κ3) is 4.06. The monoisotopic (exact) mass is 419 g/mol. The third-order valence-corrected chi connectivity index (χ3v) is 4.99. The van der Waals surface area contributed by atoms with E-state index in [1.165, 1.54) is 6.07 Å². The number of anilines is 1. The maximum Gasteiger partial charge on any atom is 0.337 e. The maximum atomic E-state index is 11.1. The molecule has 6 heteroatoms. The van der Waals surface area contributed by atoms with Crippen molar-refractivity contribution in [3.05, 3.63) is 74.9 Å². The van der Waals surface area contributed by atoms with E-state index in [2.05, 4.69) is 27.3 Å². The summed E-state index contributed by atoms with van der Waals surface area (Å²) in [6, 6.07) is 14.7. The molecule has 0 aliphatic heterocycles. The molecule has 0 aliphatic rings. The molecule has 0 unspecified atom stereocenters. The molecule has 0 aliphatic carbocycles. The summed E-state index contributed by atoms with van der Waals surface area (Å²) in [5.74, 6) is 0.483. The van der Waals surface area contributed by atoms with Gasteiger partial charge in [-0.3, -0.25) is 0 Å². The largest absolute Gasteiger partial charge is 0.478 e. The van der Waals surface area contributed by atoms with Gasteiger partial charge in [0.15, 0.2) is 0 Å². The topological polar surface area (TPSA) is 62.5 Å². The van der Waals surface area contributed by atoms with Gasteiger partial charge in [-0.25, -0.2) is 4.79 Å². The van der Waals surface area contributed by atoms with Gasteiger partial charge in [0.05, 0.1) is 17.1 Å². The number of carboxylic acids is 1. The van der Waals surface area contributed by atoms with Crippen molar-refractivity contribution in [1.29, 1.82) is 0 Å². The van der Waals surface area contributed by atoms with Gasteiger partial charge >= 0.3 is 5.97 Å². The Morgan fingerprint density at radius 2 is 2.00 bits per heavy atom. The normalized spacial score (nSPS) is 10.7. The van der Waals surface area contributed by atoms with E-state index in [4.69, 9.17) is 21.1 Å². The van der Waals surface area contributed by atoms with Crippen LogP contribution in [-0.4, -0.2) is 11.1 Å². The molecule has 0 radical (unpaired) electrons. The van der Waals surface area contributed by atoms with Crippen LogP contribution in [0.1, 0.15) is 21.7 Å². The maximum absolute atomic E-state index is 11.1. The van der Waals surface area contributed by atoms with Crippen molar-refractivity contribution in [2.24, 2.45) is 0 Å². The predicted molar refractivity (Wildman–Crippen MR) is 102 cm³/mol. The van der Waals surface area contributed by atoms with Crippen molar-refractivity contribution < 1.29 is 14.3 Å². The molecule has 3 rings (SSSR count). The molecule has 128 valence electrons. The first-order valence-electron chi connectivity index (χ1n) is 7.56. The van der Waals surface area contributed by atoms with Gasteiger partial charge in [0.2, 0.25) is 0 Å². The molecule has 0 saturated heterocycles. The Bertz CT molecular complexity index is 936. The lowest BCUT2D eigenvalue weighted by Gasteiger charge is -2.07. The lowest BCUT2D eigenvalue weighted by Crippen LogP contribution is -2.02. The van der Waals surface area contributed by atoms with Crippen LogP contribution < -0.4 is 5.32 Å². The van der Waals surface area contributed by atoms with E-state index >= 15 is 0 Å². The zero-order valence-corrected chi connectivity index (χ0v) is 15.7. The number of hydrogen-bond acceptors (Lipinski definition) is 3. The van der Waals surface area contributed by atoms with E-state index in [-0.39, 0.29) is 10.6 Å². The predicted octanol–water partition coefficient (Wildman–Crippen LogP) is 5.98. The first kappa shape index (κ1) is 17.6. The molecule has 4 nitrogen and oxygen atoms in total. The third-order valence-electron chi connectivity index (χ3n) is 3.77. The molecule has 3 aromatic rings. The Morgan fingerprint density at radius 3 is 2.72 bits per heavy atom. The van der Waals surface area contributed by atoms with Crippen molar-refractivity contribution >= 4 is 39.2 Å². The molecule has 0 fully saturated rings. The second kappa shape index (κ2) is 7.33. The lowest BCUT2D eigenvalue weighted by atomic mass is 10.1. The van der Waals surface area contributed by atoms with Crippen molar-refractivity contribution in [2.45, 2.75) is 13.5 Å². The summed E-state index contributed by atoms with van der Waals surface area (Å²) in [5, 5.41) is 12.5. The number of rotatable bonds is 5. The Hall–Kier alpha value is -2.24. The van der Waals surface area contributed by atoms with E-state index in [0.29, 0.717) is 12.2 Å². The first-order chi connectivity index (χ1) is 11.9. The summed E-state index contributed by atoms with van der Waals surface area (Å²) in [4.78, 5) is 11.1. The average molecular weight is 421 g/mol. The fourth-order valence-electron chi connectivity index (χ4n) is 2.41. The quantitative estimate of drug-likeness (QED) is 0.533. The van der Waals surface area contributed by atoms with Crippen LogP contribution in [0.15, 0.2) is 57.4 Å². The SMILES string of the molecule is Cc1cc(-c2ccc(CNc3ccc(Cl)c(C(=O)O)c3)o2)ccc1Br. The molecule has 1 heterocycles. The zero-order chi connectivity index (χ0) is 18.0. The Labute approximate surface area is 158 Å². The highest BCUT2D eigenvalue weighted by atomic mass is 79.9. The second-order valence-corrected chi connectivity index (χ2v) is 6.84. The van der Waals surface area contributed by atoms with Gasteiger partial charge in [-0.15, -0.1) is 0 Å². The summed E-state index contributed by atoms with van der Waals surface area (Å²) >= 11 is 9.36. The smallest absolute Gasteiger partial charge is 0.337 e. The van der Waals surface area contributed by atoms with Crippen LogP contribution in [0.25, 0.3) is 11.3 Å². The van der Waals surface area contributed by atoms with E-state index < -0.39 is 5.97 Å². The van der Waals surface area contributed by atoms with Crippen molar-refractivity contribution in [3.8, 4) is 11.3 Å². The van der Waals surface area contributed by atoms with Gasteiger partial charge in [0.25, 0.3) is 0 Å². The van der Waals surface area contributed by atoms with Crippen LogP contribution in [0.4, 0.5) is 5.69 Å². The minimum Gasteiger partial charge on any atom is -0.478 e. The zero-order valence-electron chi connectivity index (χ0n) is 13.3. The highest BCUT2D eigenvalue weighted by molar-refractivity contribution is 9.10. The number of halogens is 2. The number of benzene rings is 2. The minimum atomic E-state index is -1.06. The molecule has 2 N–H and O–H groups in total. The molecule has 0 spiro atoms. The van der Waals surface area contributed by atoms with Gasteiger partial charge in [0.1, 0.15) is 11.5 Å². The summed E-state index contributed by atoms with van der Waals surface area (Å²) in [7, 11) is 0. The van der Waals surface area contributed by atoms with Gasteiger partial charge < -0.3 is 14.8 Å². The van der Waals surface area contributed by atoms with E-state index in [0.717, 1.165) is 27.1 Å². The molecule has 0 bridgehead atoms. The van der Waals surface area contributed by atoms with Crippen LogP contribution >= 0.6 is 27.5 Å². The number of aryl methyl sites for hydroxylation is 1. The van der Waals surface area contributed by atoms with Crippen molar-refractivity contribution in [1.82, 2.24) is 0 Å². The summed E-state index contributed by atoms with van der Waals surface area (Å²) in [6.45, 7) is 2.47. The Kier molecular flexibility index (Phi) is 5.16. The summed E-state index contributed by atoms with van der Waals surface area (Å²) < 4.78 is 6.92. The van der Waals surface area contributed by atoms with E-state index in [1.54, 1.807) is 12.1 Å². The van der Waals surface area contributed by atoms with Gasteiger partial charge in [-0.1, -0.05) is 33.6 Å². The van der Waals surface area contributed by atoms with Crippen LogP contribution in [0, 0.1) is 6.92 Å².